The highest BCUT2D eigenvalue weighted by atomic mass is 16.3. The van der Waals surface area contributed by atoms with E-state index < -0.39 is 5.41 Å². The minimum Gasteiger partial charge on any atom is -0.456 e. The second-order valence-corrected chi connectivity index (χ2v) is 17.1. The van der Waals surface area contributed by atoms with Crippen molar-refractivity contribution in [3.05, 3.63) is 247 Å². The van der Waals surface area contributed by atoms with Crippen LogP contribution in [0.25, 0.3) is 88.4 Å². The van der Waals surface area contributed by atoms with Crippen molar-refractivity contribution in [2.45, 2.75) is 5.41 Å². The number of nitrogens with zero attached hydrogens (tertiary/aromatic N) is 1. The summed E-state index contributed by atoms with van der Waals surface area (Å²) in [6, 6.07) is 81.4. The number of benzene rings is 10. The van der Waals surface area contributed by atoms with Crippen LogP contribution in [0.15, 0.2) is 233 Å². The summed E-state index contributed by atoms with van der Waals surface area (Å²) in [5.41, 5.74) is 21.1. The lowest BCUT2D eigenvalue weighted by atomic mass is 9.70. The number of furan rings is 2. The van der Waals surface area contributed by atoms with Crippen LogP contribution in [0.1, 0.15) is 22.3 Å². The molecule has 2 aliphatic carbocycles. The van der Waals surface area contributed by atoms with Crippen molar-refractivity contribution in [2.24, 2.45) is 0 Å². The number of rotatable bonds is 5. The van der Waals surface area contributed by atoms with Gasteiger partial charge in [-0.3, -0.25) is 0 Å². The van der Waals surface area contributed by atoms with Crippen molar-refractivity contribution in [2.75, 3.05) is 4.90 Å². The van der Waals surface area contributed by atoms with E-state index in [0.29, 0.717) is 0 Å². The van der Waals surface area contributed by atoms with Gasteiger partial charge in [-0.15, -0.1) is 0 Å². The van der Waals surface area contributed by atoms with Gasteiger partial charge in [-0.25, -0.2) is 0 Å². The maximum absolute atomic E-state index is 6.85. The van der Waals surface area contributed by atoms with E-state index >= 15 is 0 Å². The second kappa shape index (κ2) is 13.3. The third-order valence-electron chi connectivity index (χ3n) is 13.9. The lowest BCUT2D eigenvalue weighted by Crippen LogP contribution is -2.26. The van der Waals surface area contributed by atoms with Crippen LogP contribution in [-0.4, -0.2) is 0 Å². The summed E-state index contributed by atoms with van der Waals surface area (Å²) in [4.78, 5) is 2.42. The summed E-state index contributed by atoms with van der Waals surface area (Å²) in [6.45, 7) is 0. The fraction of sp³-hybridized carbons (Fsp3) is 0.0164. The Morgan fingerprint density at radius 2 is 0.750 bits per heavy atom. The molecule has 12 aromatic rings. The van der Waals surface area contributed by atoms with Crippen LogP contribution in [0.3, 0.4) is 0 Å². The molecule has 3 heteroatoms. The average Bonchev–Trinajstić information content (AvgIpc) is 4.08. The Kier molecular flexibility index (Phi) is 7.32. The van der Waals surface area contributed by atoms with Gasteiger partial charge in [0.05, 0.1) is 11.1 Å². The Bertz CT molecular complexity index is 3790. The highest BCUT2D eigenvalue weighted by Gasteiger charge is 2.52. The molecule has 14 rings (SSSR count). The van der Waals surface area contributed by atoms with Gasteiger partial charge in [0.25, 0.3) is 0 Å². The molecule has 0 fully saturated rings. The average molecular weight is 816 g/mol. The van der Waals surface area contributed by atoms with E-state index in [-0.39, 0.29) is 0 Å². The van der Waals surface area contributed by atoms with E-state index in [0.717, 1.165) is 66.5 Å². The van der Waals surface area contributed by atoms with Gasteiger partial charge >= 0.3 is 0 Å². The van der Waals surface area contributed by atoms with Crippen LogP contribution in [0, 0.1) is 0 Å². The molecule has 0 bridgehead atoms. The zero-order valence-electron chi connectivity index (χ0n) is 34.6. The van der Waals surface area contributed by atoms with Crippen molar-refractivity contribution >= 4 is 60.9 Å². The number of anilines is 3. The fourth-order valence-electron chi connectivity index (χ4n) is 11.2. The van der Waals surface area contributed by atoms with Gasteiger partial charge in [0.15, 0.2) is 0 Å². The molecule has 3 nitrogen and oxygen atoms in total. The molecule has 0 saturated carbocycles. The molecule has 0 saturated heterocycles. The number of hydrogen-bond acceptors (Lipinski definition) is 3. The molecule has 2 aliphatic rings. The van der Waals surface area contributed by atoms with E-state index in [1.165, 1.54) is 61.2 Å². The van der Waals surface area contributed by atoms with E-state index in [1.807, 2.05) is 6.07 Å². The van der Waals surface area contributed by atoms with Crippen LogP contribution >= 0.6 is 0 Å². The van der Waals surface area contributed by atoms with Gasteiger partial charge in [0, 0.05) is 44.5 Å². The van der Waals surface area contributed by atoms with E-state index in [9.17, 15) is 0 Å². The number of hydrogen-bond donors (Lipinski definition) is 0. The van der Waals surface area contributed by atoms with Crippen LogP contribution in [0.5, 0.6) is 0 Å². The van der Waals surface area contributed by atoms with E-state index in [2.05, 4.69) is 223 Å². The molecule has 64 heavy (non-hydrogen) atoms. The molecule has 0 radical (unpaired) electrons. The number of fused-ring (bicyclic) bond motifs is 16. The fourth-order valence-corrected chi connectivity index (χ4v) is 11.2. The van der Waals surface area contributed by atoms with Crippen molar-refractivity contribution in [1.29, 1.82) is 0 Å². The molecule has 0 amide bonds. The monoisotopic (exact) mass is 815 g/mol. The molecule has 0 aliphatic heterocycles. The normalized spacial score (nSPS) is 13.1. The topological polar surface area (TPSA) is 29.5 Å². The lowest BCUT2D eigenvalue weighted by molar-refractivity contribution is 0.664. The summed E-state index contributed by atoms with van der Waals surface area (Å²) in [6.07, 6.45) is 0. The summed E-state index contributed by atoms with van der Waals surface area (Å²) in [7, 11) is 0. The Labute approximate surface area is 369 Å². The van der Waals surface area contributed by atoms with Crippen LogP contribution in [0.4, 0.5) is 17.1 Å². The zero-order valence-corrected chi connectivity index (χ0v) is 34.6. The van der Waals surface area contributed by atoms with Crippen LogP contribution in [-0.2, 0) is 5.41 Å². The van der Waals surface area contributed by atoms with Gasteiger partial charge < -0.3 is 13.7 Å². The molecule has 1 spiro atoms. The SMILES string of the molecule is c1ccc(-c2ccc(N(c3ccc4c(c3)oc3cc5c(cc34)oc3cc(-c4ccccc4)ccc35)c3cccc4c3-c3ccccc3C43c4ccccc4-c4ccccc43)cc2)cc1. The maximum Gasteiger partial charge on any atom is 0.137 e. The first-order valence-corrected chi connectivity index (χ1v) is 22.0. The first kappa shape index (κ1) is 35.2. The van der Waals surface area contributed by atoms with Crippen molar-refractivity contribution in [3.63, 3.8) is 0 Å². The highest BCUT2D eigenvalue weighted by molar-refractivity contribution is 6.15. The molecule has 0 atom stereocenters. The summed E-state index contributed by atoms with van der Waals surface area (Å²) in [5, 5.41) is 4.20. The standard InChI is InChI=1S/C61H37NO2/c1-3-14-38(15-4-1)40-26-29-42(30-27-40)62(55-25-13-24-54-60(55)48-20-9-12-23-53(48)61(54)51-21-10-7-18-44(51)45-19-8-11-22-52(45)61)43-31-33-47-50-37-58-49(36-59(50)64-57(47)35-43)46-32-28-41(34-56(46)63-58)39-16-5-2-6-17-39/h1-37H. The molecule has 10 aromatic carbocycles. The third kappa shape index (κ3) is 4.86. The van der Waals surface area contributed by atoms with Gasteiger partial charge in [-0.1, -0.05) is 164 Å². The van der Waals surface area contributed by atoms with Gasteiger partial charge in [0.1, 0.15) is 22.3 Å². The lowest BCUT2D eigenvalue weighted by Gasteiger charge is -2.31. The summed E-state index contributed by atoms with van der Waals surface area (Å²) in [5.74, 6) is 0. The smallest absolute Gasteiger partial charge is 0.137 e. The molecular formula is C61H37NO2. The largest absolute Gasteiger partial charge is 0.456 e. The molecule has 0 N–H and O–H groups in total. The summed E-state index contributed by atoms with van der Waals surface area (Å²) < 4.78 is 13.4. The minimum atomic E-state index is -0.454. The minimum absolute atomic E-state index is 0.454. The second-order valence-electron chi connectivity index (χ2n) is 17.1. The van der Waals surface area contributed by atoms with Crippen molar-refractivity contribution < 1.29 is 8.83 Å². The van der Waals surface area contributed by atoms with Crippen LogP contribution < -0.4 is 4.90 Å². The zero-order chi connectivity index (χ0) is 41.9. The highest BCUT2D eigenvalue weighted by Crippen LogP contribution is 2.64. The Morgan fingerprint density at radius 3 is 1.39 bits per heavy atom. The first-order chi connectivity index (χ1) is 31.7. The van der Waals surface area contributed by atoms with Crippen molar-refractivity contribution in [3.8, 4) is 44.5 Å². The van der Waals surface area contributed by atoms with Gasteiger partial charge in [0.2, 0.25) is 0 Å². The van der Waals surface area contributed by atoms with E-state index in [1.54, 1.807) is 0 Å². The molecular weight excluding hydrogens is 779 g/mol. The van der Waals surface area contributed by atoms with Crippen molar-refractivity contribution in [1.82, 2.24) is 0 Å². The molecule has 2 heterocycles. The predicted molar refractivity (Wildman–Crippen MR) is 263 cm³/mol. The van der Waals surface area contributed by atoms with Crippen LogP contribution in [0.2, 0.25) is 0 Å². The molecule has 298 valence electrons. The third-order valence-corrected chi connectivity index (χ3v) is 13.9. The first-order valence-electron chi connectivity index (χ1n) is 22.0. The quantitative estimate of drug-likeness (QED) is 0.173. The Hall–Kier alpha value is -8.40. The molecule has 0 unspecified atom stereocenters. The van der Waals surface area contributed by atoms with E-state index in [4.69, 9.17) is 8.83 Å². The summed E-state index contributed by atoms with van der Waals surface area (Å²) >= 11 is 0. The van der Waals surface area contributed by atoms with Gasteiger partial charge in [-0.2, -0.15) is 0 Å². The Balaban J connectivity index is 0.970. The Morgan fingerprint density at radius 1 is 0.297 bits per heavy atom. The van der Waals surface area contributed by atoms with Gasteiger partial charge in [-0.05, 0) is 116 Å². The maximum atomic E-state index is 6.85. The predicted octanol–water partition coefficient (Wildman–Crippen LogP) is 16.6. The molecule has 2 aromatic heterocycles.